The summed E-state index contributed by atoms with van der Waals surface area (Å²) < 4.78 is 0.933. The Morgan fingerprint density at radius 3 is 2.60 bits per heavy atom. The second-order valence-corrected chi connectivity index (χ2v) is 6.37. The maximum absolute atomic E-state index is 12.7. The number of aryl methyl sites for hydroxylation is 1. The Bertz CT molecular complexity index is 628. The van der Waals surface area contributed by atoms with E-state index in [1.165, 1.54) is 0 Å². The van der Waals surface area contributed by atoms with Crippen LogP contribution in [0.25, 0.3) is 5.57 Å². The number of aliphatic hydroxyl groups is 1. The lowest BCUT2D eigenvalue weighted by molar-refractivity contribution is -0.116. The monoisotopic (exact) mass is 332 g/mol. The Balaban J connectivity index is 2.20. The van der Waals surface area contributed by atoms with Crippen LogP contribution in [-0.2, 0) is 11.2 Å². The molecule has 0 radical (unpaired) electrons. The van der Waals surface area contributed by atoms with Crippen molar-refractivity contribution in [2.75, 3.05) is 0 Å². The van der Waals surface area contributed by atoms with Crippen molar-refractivity contribution in [3.63, 3.8) is 0 Å². The van der Waals surface area contributed by atoms with Crippen LogP contribution in [0.15, 0.2) is 40.6 Å². The summed E-state index contributed by atoms with van der Waals surface area (Å²) in [6.07, 6.45) is 6.48. The first-order chi connectivity index (χ1) is 9.61. The predicted molar refractivity (Wildman–Crippen MR) is 83.4 cm³/mol. The summed E-state index contributed by atoms with van der Waals surface area (Å²) in [6.45, 7) is 2.07. The van der Waals surface area contributed by atoms with Crippen LogP contribution in [0, 0.1) is 11.8 Å². The SMILES string of the molecule is CCc1ccc(Br)cc1C1=C(O)C2C=CC(CC2)C1=O. The van der Waals surface area contributed by atoms with Gasteiger partial charge in [-0.05, 0) is 42.5 Å². The fraction of sp³-hybridized carbons (Fsp3) is 0.353. The van der Waals surface area contributed by atoms with Crippen molar-refractivity contribution in [2.24, 2.45) is 11.8 Å². The van der Waals surface area contributed by atoms with E-state index in [1.807, 2.05) is 30.4 Å². The largest absolute Gasteiger partial charge is 0.511 e. The van der Waals surface area contributed by atoms with E-state index in [0.717, 1.165) is 34.9 Å². The number of benzene rings is 1. The molecule has 0 heterocycles. The molecule has 3 aliphatic rings. The van der Waals surface area contributed by atoms with Gasteiger partial charge < -0.3 is 5.11 Å². The average Bonchev–Trinajstić information content (AvgIpc) is 2.65. The van der Waals surface area contributed by atoms with Gasteiger partial charge in [-0.3, -0.25) is 4.79 Å². The number of hydrogen-bond acceptors (Lipinski definition) is 2. The van der Waals surface area contributed by atoms with E-state index in [9.17, 15) is 9.90 Å². The number of aliphatic hydroxyl groups excluding tert-OH is 1. The molecular weight excluding hydrogens is 316 g/mol. The molecule has 2 nitrogen and oxygen atoms in total. The van der Waals surface area contributed by atoms with Crippen LogP contribution < -0.4 is 0 Å². The summed E-state index contributed by atoms with van der Waals surface area (Å²) in [5.74, 6) is 0.233. The van der Waals surface area contributed by atoms with Crippen molar-refractivity contribution in [1.29, 1.82) is 0 Å². The standard InChI is InChI=1S/C17H17BrO2/c1-2-10-7-8-13(18)9-14(10)15-16(19)11-3-4-12(6-5-11)17(15)20/h3-4,7-9,11-12,19H,2,5-6H2,1H3. The maximum Gasteiger partial charge on any atom is 0.173 e. The number of carbonyl (C=O) groups excluding carboxylic acids is 1. The number of rotatable bonds is 2. The van der Waals surface area contributed by atoms with Gasteiger partial charge in [0.2, 0.25) is 0 Å². The van der Waals surface area contributed by atoms with Crippen LogP contribution in [0.5, 0.6) is 0 Å². The summed E-state index contributed by atoms with van der Waals surface area (Å²) in [4.78, 5) is 12.7. The van der Waals surface area contributed by atoms with Gasteiger partial charge in [0.05, 0.1) is 5.57 Å². The third kappa shape index (κ3) is 2.14. The zero-order valence-corrected chi connectivity index (χ0v) is 13.0. The van der Waals surface area contributed by atoms with Gasteiger partial charge in [0, 0.05) is 16.3 Å². The van der Waals surface area contributed by atoms with Crippen molar-refractivity contribution in [3.05, 3.63) is 51.7 Å². The third-order valence-electron chi connectivity index (χ3n) is 4.28. The van der Waals surface area contributed by atoms with E-state index in [0.29, 0.717) is 5.57 Å². The van der Waals surface area contributed by atoms with Crippen molar-refractivity contribution in [2.45, 2.75) is 26.2 Å². The molecule has 4 rings (SSSR count). The molecule has 2 atom stereocenters. The Morgan fingerprint density at radius 2 is 1.95 bits per heavy atom. The molecule has 3 aliphatic carbocycles. The number of carbonyl (C=O) groups is 1. The number of ketones is 1. The second-order valence-electron chi connectivity index (χ2n) is 5.45. The Kier molecular flexibility index (Phi) is 3.55. The zero-order chi connectivity index (χ0) is 14.3. The zero-order valence-electron chi connectivity index (χ0n) is 11.4. The number of hydrogen-bond donors (Lipinski definition) is 1. The number of Topliss-reactive ketones (excluding diaryl/α,β-unsaturated/α-hetero) is 1. The van der Waals surface area contributed by atoms with Gasteiger partial charge in [0.1, 0.15) is 5.76 Å². The molecule has 0 saturated heterocycles. The Labute approximate surface area is 127 Å². The lowest BCUT2D eigenvalue weighted by Gasteiger charge is -2.15. The van der Waals surface area contributed by atoms with E-state index in [-0.39, 0.29) is 23.4 Å². The lowest BCUT2D eigenvalue weighted by atomic mass is 9.88. The molecule has 0 amide bonds. The van der Waals surface area contributed by atoms with Gasteiger partial charge >= 0.3 is 0 Å². The highest BCUT2D eigenvalue weighted by atomic mass is 79.9. The van der Waals surface area contributed by atoms with Crippen LogP contribution in [0.2, 0.25) is 0 Å². The highest BCUT2D eigenvalue weighted by Crippen LogP contribution is 2.40. The van der Waals surface area contributed by atoms with E-state index in [2.05, 4.69) is 22.9 Å². The summed E-state index contributed by atoms with van der Waals surface area (Å²) in [5.41, 5.74) is 2.51. The minimum Gasteiger partial charge on any atom is -0.511 e. The first kappa shape index (κ1) is 13.6. The molecule has 3 heteroatoms. The number of allylic oxidation sites excluding steroid dienone is 3. The predicted octanol–water partition coefficient (Wildman–Crippen LogP) is 4.45. The van der Waals surface area contributed by atoms with Gasteiger partial charge in [0.25, 0.3) is 0 Å². The second kappa shape index (κ2) is 5.21. The minimum absolute atomic E-state index is 0.00334. The molecule has 0 aromatic heterocycles. The van der Waals surface area contributed by atoms with Crippen LogP contribution in [0.4, 0.5) is 0 Å². The van der Waals surface area contributed by atoms with Gasteiger partial charge in [-0.2, -0.15) is 0 Å². The summed E-state index contributed by atoms with van der Waals surface area (Å²) in [5, 5.41) is 10.6. The summed E-state index contributed by atoms with van der Waals surface area (Å²) in [6, 6.07) is 5.95. The third-order valence-corrected chi connectivity index (χ3v) is 4.77. The molecule has 2 bridgehead atoms. The van der Waals surface area contributed by atoms with Crippen molar-refractivity contribution < 1.29 is 9.90 Å². The van der Waals surface area contributed by atoms with Crippen LogP contribution in [-0.4, -0.2) is 10.9 Å². The maximum atomic E-state index is 12.7. The molecule has 0 aliphatic heterocycles. The van der Waals surface area contributed by atoms with E-state index in [1.54, 1.807) is 0 Å². The fourth-order valence-electron chi connectivity index (χ4n) is 3.12. The molecule has 1 N–H and O–H groups in total. The summed E-state index contributed by atoms with van der Waals surface area (Å²) >= 11 is 3.47. The molecule has 1 aromatic rings. The Morgan fingerprint density at radius 1 is 1.25 bits per heavy atom. The van der Waals surface area contributed by atoms with Crippen LogP contribution in [0.3, 0.4) is 0 Å². The number of fused-ring (bicyclic) bond motifs is 2. The molecule has 104 valence electrons. The topological polar surface area (TPSA) is 37.3 Å². The summed E-state index contributed by atoms with van der Waals surface area (Å²) in [7, 11) is 0. The van der Waals surface area contributed by atoms with Gasteiger partial charge in [-0.25, -0.2) is 0 Å². The van der Waals surface area contributed by atoms with Gasteiger partial charge in [0.15, 0.2) is 5.78 Å². The molecular formula is C17H17BrO2. The van der Waals surface area contributed by atoms with Crippen LogP contribution in [0.1, 0.15) is 30.9 Å². The molecule has 20 heavy (non-hydrogen) atoms. The quantitative estimate of drug-likeness (QED) is 0.812. The van der Waals surface area contributed by atoms with Crippen molar-refractivity contribution in [1.82, 2.24) is 0 Å². The van der Waals surface area contributed by atoms with E-state index in [4.69, 9.17) is 0 Å². The lowest BCUT2D eigenvalue weighted by Crippen LogP contribution is -2.14. The van der Waals surface area contributed by atoms with E-state index >= 15 is 0 Å². The highest BCUT2D eigenvalue weighted by molar-refractivity contribution is 9.10. The van der Waals surface area contributed by atoms with E-state index < -0.39 is 0 Å². The Hall–Kier alpha value is -1.35. The molecule has 0 spiro atoms. The molecule has 2 unspecified atom stereocenters. The van der Waals surface area contributed by atoms with Gasteiger partial charge in [-0.15, -0.1) is 0 Å². The van der Waals surface area contributed by atoms with Crippen molar-refractivity contribution >= 4 is 27.3 Å². The van der Waals surface area contributed by atoms with Crippen LogP contribution >= 0.6 is 15.9 Å². The normalized spacial score (nSPS) is 25.2. The number of halogens is 1. The fourth-order valence-corrected chi connectivity index (χ4v) is 3.48. The first-order valence-corrected chi connectivity index (χ1v) is 7.85. The average molecular weight is 333 g/mol. The highest BCUT2D eigenvalue weighted by Gasteiger charge is 2.35. The molecule has 1 aromatic carbocycles. The smallest absolute Gasteiger partial charge is 0.173 e. The first-order valence-electron chi connectivity index (χ1n) is 7.06. The minimum atomic E-state index is -0.0745. The van der Waals surface area contributed by atoms with Crippen molar-refractivity contribution in [3.8, 4) is 0 Å². The molecule has 0 saturated carbocycles. The molecule has 0 fully saturated rings. The van der Waals surface area contributed by atoms with Gasteiger partial charge in [-0.1, -0.05) is 41.1 Å².